The van der Waals surface area contributed by atoms with Crippen molar-refractivity contribution in [2.45, 2.75) is 32.6 Å². The molecule has 0 nitrogen and oxygen atoms in total. The molecule has 10 heavy (non-hydrogen) atoms. The molecule has 0 aromatic rings. The molecule has 1 unspecified atom stereocenters. The van der Waals surface area contributed by atoms with Gasteiger partial charge < -0.3 is 0 Å². The normalized spacial score (nSPS) is 33.5. The molecule has 0 aliphatic heterocycles. The van der Waals surface area contributed by atoms with Crippen molar-refractivity contribution in [3.8, 4) is 0 Å². The van der Waals surface area contributed by atoms with Gasteiger partial charge in [0.1, 0.15) is 0 Å². The number of allylic oxidation sites excluding steroid dienone is 4. The van der Waals surface area contributed by atoms with Gasteiger partial charge in [-0.25, -0.2) is 0 Å². The van der Waals surface area contributed by atoms with Crippen molar-refractivity contribution in [2.75, 3.05) is 0 Å². The molecule has 1 saturated carbocycles. The lowest BCUT2D eigenvalue weighted by Gasteiger charge is -2.07. The van der Waals surface area contributed by atoms with Gasteiger partial charge in [-0.2, -0.15) is 0 Å². The van der Waals surface area contributed by atoms with Gasteiger partial charge in [-0.05, 0) is 37.2 Å². The van der Waals surface area contributed by atoms with Gasteiger partial charge in [-0.15, -0.1) is 0 Å². The van der Waals surface area contributed by atoms with E-state index in [4.69, 9.17) is 0 Å². The predicted octanol–water partition coefficient (Wildman–Crippen LogP) is 3.06. The quantitative estimate of drug-likeness (QED) is 0.517. The molecule has 0 spiro atoms. The number of hydrogen-bond donors (Lipinski definition) is 0. The summed E-state index contributed by atoms with van der Waals surface area (Å²) in [4.78, 5) is 0. The second kappa shape index (κ2) is 2.26. The first kappa shape index (κ1) is 6.21. The number of rotatable bonds is 1. The minimum atomic E-state index is 0.926. The van der Waals surface area contributed by atoms with Crippen LogP contribution in [0, 0.1) is 5.92 Å². The fourth-order valence-corrected chi connectivity index (χ4v) is 2.11. The van der Waals surface area contributed by atoms with Gasteiger partial charge >= 0.3 is 0 Å². The van der Waals surface area contributed by atoms with Crippen LogP contribution in [0.1, 0.15) is 32.6 Å². The summed E-state index contributed by atoms with van der Waals surface area (Å²) in [7, 11) is 0. The third-order valence-electron chi connectivity index (χ3n) is 2.60. The highest BCUT2D eigenvalue weighted by Crippen LogP contribution is 2.42. The van der Waals surface area contributed by atoms with Gasteiger partial charge in [0.05, 0.1) is 0 Å². The Morgan fingerprint density at radius 1 is 1.70 bits per heavy atom. The second-order valence-electron chi connectivity index (χ2n) is 3.35. The summed E-state index contributed by atoms with van der Waals surface area (Å²) in [6.45, 7) is 2.22. The molecule has 0 radical (unpaired) electrons. The van der Waals surface area contributed by atoms with Crippen molar-refractivity contribution < 1.29 is 0 Å². The molecule has 0 saturated heterocycles. The highest BCUT2D eigenvalue weighted by molar-refractivity contribution is 5.37. The molecule has 2 rings (SSSR count). The van der Waals surface area contributed by atoms with Gasteiger partial charge in [0.2, 0.25) is 0 Å². The summed E-state index contributed by atoms with van der Waals surface area (Å²) in [5.74, 6) is 0.926. The van der Waals surface area contributed by atoms with E-state index in [1.807, 2.05) is 0 Å². The van der Waals surface area contributed by atoms with Gasteiger partial charge in [0.15, 0.2) is 0 Å². The van der Waals surface area contributed by atoms with E-state index < -0.39 is 0 Å². The molecule has 0 amide bonds. The van der Waals surface area contributed by atoms with Crippen LogP contribution in [0.15, 0.2) is 23.3 Å². The summed E-state index contributed by atoms with van der Waals surface area (Å²) in [5, 5.41) is 0. The molecule has 2 aliphatic carbocycles. The van der Waals surface area contributed by atoms with E-state index in [0.717, 1.165) is 5.92 Å². The summed E-state index contributed by atoms with van der Waals surface area (Å²) >= 11 is 0. The lowest BCUT2D eigenvalue weighted by molar-refractivity contribution is 0.669. The fraction of sp³-hybridized carbons (Fsp3) is 0.600. The molecular weight excluding hydrogens is 120 g/mol. The molecule has 1 fully saturated rings. The zero-order valence-electron chi connectivity index (χ0n) is 6.56. The first-order valence-corrected chi connectivity index (χ1v) is 4.29. The Bertz CT molecular complexity index is 196. The molecule has 2 bridgehead atoms. The number of fused-ring (bicyclic) bond motifs is 2. The molecule has 2 aliphatic rings. The average molecular weight is 134 g/mol. The lowest BCUT2D eigenvalue weighted by Crippen LogP contribution is -1.92. The monoisotopic (exact) mass is 134 g/mol. The molecule has 0 N–H and O–H groups in total. The zero-order valence-corrected chi connectivity index (χ0v) is 6.56. The zero-order chi connectivity index (χ0) is 6.97. The highest BCUT2D eigenvalue weighted by Gasteiger charge is 2.27. The van der Waals surface area contributed by atoms with E-state index in [9.17, 15) is 0 Å². The first-order chi connectivity index (χ1) is 4.90. The van der Waals surface area contributed by atoms with Crippen molar-refractivity contribution in [3.05, 3.63) is 23.3 Å². The van der Waals surface area contributed by atoms with Crippen molar-refractivity contribution >= 4 is 0 Å². The van der Waals surface area contributed by atoms with Gasteiger partial charge in [-0.3, -0.25) is 0 Å². The van der Waals surface area contributed by atoms with Crippen LogP contribution in [0.4, 0.5) is 0 Å². The van der Waals surface area contributed by atoms with Crippen molar-refractivity contribution in [1.29, 1.82) is 0 Å². The topological polar surface area (TPSA) is 0 Å². The maximum atomic E-state index is 2.41. The maximum absolute atomic E-state index is 2.41. The predicted molar refractivity (Wildman–Crippen MR) is 43.8 cm³/mol. The van der Waals surface area contributed by atoms with Crippen LogP contribution in [0.3, 0.4) is 0 Å². The third-order valence-corrected chi connectivity index (χ3v) is 2.60. The van der Waals surface area contributed by atoms with E-state index in [-0.39, 0.29) is 0 Å². The molecule has 0 aromatic carbocycles. The van der Waals surface area contributed by atoms with Crippen molar-refractivity contribution in [3.63, 3.8) is 0 Å². The van der Waals surface area contributed by atoms with E-state index >= 15 is 0 Å². The summed E-state index contributed by atoms with van der Waals surface area (Å²) in [6, 6.07) is 0. The van der Waals surface area contributed by atoms with Crippen LogP contribution in [0.2, 0.25) is 0 Å². The largest absolute Gasteiger partial charge is 0.0813 e. The van der Waals surface area contributed by atoms with E-state index in [2.05, 4.69) is 19.1 Å². The van der Waals surface area contributed by atoms with Gasteiger partial charge in [0, 0.05) is 0 Å². The minimum absolute atomic E-state index is 0.926. The van der Waals surface area contributed by atoms with Crippen molar-refractivity contribution in [1.82, 2.24) is 0 Å². The summed E-state index contributed by atoms with van der Waals surface area (Å²) in [5.41, 5.74) is 3.33. The van der Waals surface area contributed by atoms with Crippen LogP contribution < -0.4 is 0 Å². The Morgan fingerprint density at radius 2 is 2.60 bits per heavy atom. The van der Waals surface area contributed by atoms with Gasteiger partial charge in [0.25, 0.3) is 0 Å². The summed E-state index contributed by atoms with van der Waals surface area (Å²) in [6.07, 6.45) is 10.2. The maximum Gasteiger partial charge on any atom is -0.0125 e. The summed E-state index contributed by atoms with van der Waals surface area (Å²) < 4.78 is 0. The Hall–Kier alpha value is -0.520. The average Bonchev–Trinajstić information content (AvgIpc) is 2.48. The standard InChI is InChI=1S/C10H14/c1-2-3-9-6-8-4-5-10(9)7-8/h3,6,10H,2,4-5,7H2,1H3/b9-3+. The molecular formula is C10H14. The smallest absolute Gasteiger partial charge is 0.0125 e. The van der Waals surface area contributed by atoms with E-state index in [0.29, 0.717) is 0 Å². The van der Waals surface area contributed by atoms with Gasteiger partial charge in [-0.1, -0.05) is 24.6 Å². The Kier molecular flexibility index (Phi) is 1.40. The molecule has 54 valence electrons. The van der Waals surface area contributed by atoms with E-state index in [1.54, 1.807) is 11.1 Å². The number of hydrogen-bond acceptors (Lipinski definition) is 0. The Balaban J connectivity index is 2.22. The lowest BCUT2D eigenvalue weighted by atomic mass is 9.98. The SMILES string of the molecule is CC/C=C1\C=C2CCC1C2. The fourth-order valence-electron chi connectivity index (χ4n) is 2.11. The Morgan fingerprint density at radius 3 is 3.10 bits per heavy atom. The van der Waals surface area contributed by atoms with Crippen LogP contribution in [0.25, 0.3) is 0 Å². The Labute approximate surface area is 62.6 Å². The third kappa shape index (κ3) is 0.828. The second-order valence-corrected chi connectivity index (χ2v) is 3.35. The minimum Gasteiger partial charge on any atom is -0.0813 e. The van der Waals surface area contributed by atoms with Crippen LogP contribution in [-0.2, 0) is 0 Å². The molecule has 0 heterocycles. The molecule has 0 heteroatoms. The first-order valence-electron chi connectivity index (χ1n) is 4.29. The van der Waals surface area contributed by atoms with Crippen LogP contribution in [0.5, 0.6) is 0 Å². The molecule has 0 aromatic heterocycles. The van der Waals surface area contributed by atoms with E-state index in [1.165, 1.54) is 25.7 Å². The highest BCUT2D eigenvalue weighted by atomic mass is 14.3. The molecule has 1 atom stereocenters. The van der Waals surface area contributed by atoms with Crippen molar-refractivity contribution in [2.24, 2.45) is 5.92 Å². The van der Waals surface area contributed by atoms with Crippen LogP contribution in [-0.4, -0.2) is 0 Å². The van der Waals surface area contributed by atoms with Crippen LogP contribution >= 0.6 is 0 Å².